The molecule has 5 N–H and O–H groups in total. The van der Waals surface area contributed by atoms with Gasteiger partial charge in [-0.3, -0.25) is 9.59 Å². The maximum absolute atomic E-state index is 12.3. The Kier molecular flexibility index (Phi) is 6.64. The van der Waals surface area contributed by atoms with Crippen LogP contribution in [0.2, 0.25) is 0 Å². The Bertz CT molecular complexity index is 513. The summed E-state index contributed by atoms with van der Waals surface area (Å²) in [5.41, 5.74) is 11.1. The molecule has 0 bridgehead atoms. The van der Waals surface area contributed by atoms with Gasteiger partial charge in [-0.05, 0) is 37.1 Å². The molecule has 1 aliphatic rings. The maximum atomic E-state index is 12.3. The molecule has 1 aromatic rings. The van der Waals surface area contributed by atoms with E-state index in [9.17, 15) is 9.59 Å². The van der Waals surface area contributed by atoms with Gasteiger partial charge in [-0.15, -0.1) is 12.4 Å². The standard InChI is InChI=1S/C15H21N3O3.ClH/c16-13(19)10-21-12-6-4-11(5-7-12)18-14(20)15(17)8-2-1-3-9-15;/h4-7H,1-3,8-10,17H2,(H2,16,19)(H,18,20);1H. The Morgan fingerprint density at radius 3 is 2.27 bits per heavy atom. The zero-order valence-corrected chi connectivity index (χ0v) is 13.2. The van der Waals surface area contributed by atoms with Crippen molar-refractivity contribution in [1.29, 1.82) is 0 Å². The van der Waals surface area contributed by atoms with Gasteiger partial charge < -0.3 is 21.5 Å². The number of rotatable bonds is 5. The quantitative estimate of drug-likeness (QED) is 0.762. The monoisotopic (exact) mass is 327 g/mol. The second kappa shape index (κ2) is 8.00. The van der Waals surface area contributed by atoms with Gasteiger partial charge in [-0.1, -0.05) is 19.3 Å². The third-order valence-electron chi connectivity index (χ3n) is 3.69. The number of benzene rings is 1. The lowest BCUT2D eigenvalue weighted by Gasteiger charge is -2.31. The molecule has 0 spiro atoms. The van der Waals surface area contributed by atoms with E-state index in [2.05, 4.69) is 5.32 Å². The van der Waals surface area contributed by atoms with Crippen LogP contribution in [0.4, 0.5) is 5.69 Å². The van der Waals surface area contributed by atoms with Crippen LogP contribution in [-0.2, 0) is 9.59 Å². The Morgan fingerprint density at radius 2 is 1.73 bits per heavy atom. The molecule has 22 heavy (non-hydrogen) atoms. The van der Waals surface area contributed by atoms with Crippen LogP contribution < -0.4 is 21.5 Å². The van der Waals surface area contributed by atoms with E-state index in [4.69, 9.17) is 16.2 Å². The molecular weight excluding hydrogens is 306 g/mol. The Morgan fingerprint density at radius 1 is 1.14 bits per heavy atom. The molecule has 1 saturated carbocycles. The van der Waals surface area contributed by atoms with E-state index < -0.39 is 11.4 Å². The molecule has 0 radical (unpaired) electrons. The normalized spacial score (nSPS) is 16.2. The summed E-state index contributed by atoms with van der Waals surface area (Å²) < 4.78 is 5.15. The molecule has 1 fully saturated rings. The lowest BCUT2D eigenvalue weighted by Crippen LogP contribution is -2.52. The summed E-state index contributed by atoms with van der Waals surface area (Å²) in [5, 5.41) is 2.83. The molecule has 122 valence electrons. The molecule has 0 unspecified atom stereocenters. The lowest BCUT2D eigenvalue weighted by atomic mass is 9.82. The minimum Gasteiger partial charge on any atom is -0.484 e. The van der Waals surface area contributed by atoms with Crippen molar-refractivity contribution in [1.82, 2.24) is 0 Å². The largest absolute Gasteiger partial charge is 0.484 e. The molecule has 0 atom stereocenters. The summed E-state index contributed by atoms with van der Waals surface area (Å²) in [5.74, 6) is -0.158. The average molecular weight is 328 g/mol. The summed E-state index contributed by atoms with van der Waals surface area (Å²) in [7, 11) is 0. The number of nitrogens with one attached hydrogen (secondary N) is 1. The SMILES string of the molecule is Cl.NC(=O)COc1ccc(NC(=O)C2(N)CCCCC2)cc1. The molecule has 7 heteroatoms. The number of carbonyl (C=O) groups excluding carboxylic acids is 2. The first-order valence-corrected chi connectivity index (χ1v) is 7.11. The topological polar surface area (TPSA) is 107 Å². The van der Waals surface area contributed by atoms with Gasteiger partial charge in [0.15, 0.2) is 6.61 Å². The number of nitrogens with two attached hydrogens (primary N) is 2. The second-order valence-electron chi connectivity index (χ2n) is 5.45. The van der Waals surface area contributed by atoms with E-state index in [-0.39, 0.29) is 24.9 Å². The number of halogens is 1. The number of primary amides is 1. The molecule has 1 aromatic carbocycles. The van der Waals surface area contributed by atoms with E-state index in [1.54, 1.807) is 24.3 Å². The number of ether oxygens (including phenoxy) is 1. The summed E-state index contributed by atoms with van der Waals surface area (Å²) in [6, 6.07) is 6.76. The first kappa shape index (κ1) is 18.3. The van der Waals surface area contributed by atoms with Crippen LogP contribution in [0, 0.1) is 0 Å². The predicted octanol–water partition coefficient (Wildman–Crippen LogP) is 1.57. The van der Waals surface area contributed by atoms with E-state index in [1.807, 2.05) is 0 Å². The number of anilines is 1. The van der Waals surface area contributed by atoms with Gasteiger partial charge in [0.1, 0.15) is 5.75 Å². The van der Waals surface area contributed by atoms with Gasteiger partial charge in [0.2, 0.25) is 5.91 Å². The zero-order valence-electron chi connectivity index (χ0n) is 12.3. The van der Waals surface area contributed by atoms with Crippen molar-refractivity contribution in [2.45, 2.75) is 37.6 Å². The third-order valence-corrected chi connectivity index (χ3v) is 3.69. The first-order valence-electron chi connectivity index (χ1n) is 7.11. The fourth-order valence-corrected chi connectivity index (χ4v) is 2.45. The van der Waals surface area contributed by atoms with E-state index in [0.717, 1.165) is 32.1 Å². The van der Waals surface area contributed by atoms with Crippen molar-refractivity contribution < 1.29 is 14.3 Å². The van der Waals surface area contributed by atoms with Gasteiger partial charge in [0.25, 0.3) is 5.91 Å². The van der Waals surface area contributed by atoms with Crippen LogP contribution in [0.3, 0.4) is 0 Å². The van der Waals surface area contributed by atoms with Crippen molar-refractivity contribution in [2.24, 2.45) is 11.5 Å². The van der Waals surface area contributed by atoms with E-state index in [0.29, 0.717) is 11.4 Å². The van der Waals surface area contributed by atoms with Crippen LogP contribution in [0.15, 0.2) is 24.3 Å². The van der Waals surface area contributed by atoms with Gasteiger partial charge in [-0.2, -0.15) is 0 Å². The van der Waals surface area contributed by atoms with Crippen LogP contribution in [0.25, 0.3) is 0 Å². The predicted molar refractivity (Wildman–Crippen MR) is 87.0 cm³/mol. The number of hydrogen-bond donors (Lipinski definition) is 3. The fourth-order valence-electron chi connectivity index (χ4n) is 2.45. The van der Waals surface area contributed by atoms with Crippen molar-refractivity contribution >= 4 is 29.9 Å². The first-order chi connectivity index (χ1) is 9.99. The molecule has 0 saturated heterocycles. The van der Waals surface area contributed by atoms with Crippen LogP contribution >= 0.6 is 12.4 Å². The minimum atomic E-state index is -0.764. The Hall–Kier alpha value is -1.79. The highest BCUT2D eigenvalue weighted by atomic mass is 35.5. The van der Waals surface area contributed by atoms with Crippen molar-refractivity contribution in [3.05, 3.63) is 24.3 Å². The summed E-state index contributed by atoms with van der Waals surface area (Å²) in [6.07, 6.45) is 4.56. The van der Waals surface area contributed by atoms with Gasteiger partial charge >= 0.3 is 0 Å². The number of carbonyl (C=O) groups is 2. The Labute approximate surface area is 136 Å². The minimum absolute atomic E-state index is 0. The van der Waals surface area contributed by atoms with Crippen molar-refractivity contribution in [3.63, 3.8) is 0 Å². The molecule has 6 nitrogen and oxygen atoms in total. The highest BCUT2D eigenvalue weighted by Crippen LogP contribution is 2.27. The number of amides is 2. The fraction of sp³-hybridized carbons (Fsp3) is 0.467. The lowest BCUT2D eigenvalue weighted by molar-refractivity contribution is -0.122. The molecule has 2 rings (SSSR count). The maximum Gasteiger partial charge on any atom is 0.255 e. The third kappa shape index (κ3) is 4.89. The van der Waals surface area contributed by atoms with Crippen LogP contribution in [-0.4, -0.2) is 24.0 Å². The Balaban J connectivity index is 0.00000242. The molecule has 2 amide bonds. The molecular formula is C15H22ClN3O3. The second-order valence-corrected chi connectivity index (χ2v) is 5.45. The molecule has 0 heterocycles. The van der Waals surface area contributed by atoms with Crippen molar-refractivity contribution in [2.75, 3.05) is 11.9 Å². The van der Waals surface area contributed by atoms with Crippen LogP contribution in [0.1, 0.15) is 32.1 Å². The van der Waals surface area contributed by atoms with Gasteiger partial charge in [0, 0.05) is 5.69 Å². The molecule has 1 aliphatic carbocycles. The zero-order chi connectivity index (χ0) is 15.3. The summed E-state index contributed by atoms with van der Waals surface area (Å²) in [4.78, 5) is 22.9. The van der Waals surface area contributed by atoms with Crippen molar-refractivity contribution in [3.8, 4) is 5.75 Å². The summed E-state index contributed by atoms with van der Waals surface area (Å²) in [6.45, 7) is -0.169. The van der Waals surface area contributed by atoms with Gasteiger partial charge in [-0.25, -0.2) is 0 Å². The van der Waals surface area contributed by atoms with E-state index in [1.165, 1.54) is 0 Å². The highest BCUT2D eigenvalue weighted by Gasteiger charge is 2.35. The van der Waals surface area contributed by atoms with Crippen LogP contribution in [0.5, 0.6) is 5.75 Å². The number of hydrogen-bond acceptors (Lipinski definition) is 4. The van der Waals surface area contributed by atoms with E-state index >= 15 is 0 Å². The summed E-state index contributed by atoms with van der Waals surface area (Å²) >= 11 is 0. The smallest absolute Gasteiger partial charge is 0.255 e. The van der Waals surface area contributed by atoms with Gasteiger partial charge in [0.05, 0.1) is 5.54 Å². The average Bonchev–Trinajstić information content (AvgIpc) is 2.47. The molecule has 0 aliphatic heterocycles. The molecule has 0 aromatic heterocycles. The highest BCUT2D eigenvalue weighted by molar-refractivity contribution is 5.98.